The molecule has 1 atom stereocenters. The van der Waals surface area contributed by atoms with Gasteiger partial charge in [0.05, 0.1) is 12.1 Å². The first kappa shape index (κ1) is 13.5. The quantitative estimate of drug-likeness (QED) is 0.798. The molecule has 1 N–H and O–H groups in total. The van der Waals surface area contributed by atoms with Gasteiger partial charge in [-0.25, -0.2) is 0 Å². The zero-order valence-corrected chi connectivity index (χ0v) is 11.7. The van der Waals surface area contributed by atoms with Gasteiger partial charge in [0.2, 0.25) is 0 Å². The molecule has 1 aliphatic rings. The van der Waals surface area contributed by atoms with Gasteiger partial charge in [-0.1, -0.05) is 13.0 Å². The van der Waals surface area contributed by atoms with Gasteiger partial charge in [-0.2, -0.15) is 5.26 Å². The average molecular weight is 260 g/mol. The molecule has 18 heavy (non-hydrogen) atoms. The molecule has 1 unspecified atom stereocenters. The van der Waals surface area contributed by atoms with Crippen molar-refractivity contribution in [1.82, 2.24) is 5.32 Å². The number of rotatable bonds is 6. The lowest BCUT2D eigenvalue weighted by Crippen LogP contribution is -2.27. The van der Waals surface area contributed by atoms with Crippen molar-refractivity contribution in [2.75, 3.05) is 12.3 Å². The third-order valence-corrected chi connectivity index (χ3v) is 4.38. The highest BCUT2D eigenvalue weighted by Crippen LogP contribution is 2.27. The van der Waals surface area contributed by atoms with E-state index < -0.39 is 0 Å². The fourth-order valence-electron chi connectivity index (χ4n) is 2.39. The summed E-state index contributed by atoms with van der Waals surface area (Å²) < 4.78 is 0. The van der Waals surface area contributed by atoms with Crippen LogP contribution in [0.2, 0.25) is 0 Å². The molecule has 96 valence electrons. The van der Waals surface area contributed by atoms with E-state index in [4.69, 9.17) is 5.26 Å². The first-order valence-electron chi connectivity index (χ1n) is 6.71. The number of hydrogen-bond acceptors (Lipinski definition) is 3. The molecule has 1 aliphatic carbocycles. The maximum absolute atomic E-state index is 8.96. The molecule has 0 saturated heterocycles. The highest BCUT2D eigenvalue weighted by molar-refractivity contribution is 7.99. The summed E-state index contributed by atoms with van der Waals surface area (Å²) in [5.41, 5.74) is 3.06. The molecule has 2 rings (SSSR count). The van der Waals surface area contributed by atoms with Gasteiger partial charge < -0.3 is 5.32 Å². The van der Waals surface area contributed by atoms with Crippen LogP contribution in [0.1, 0.15) is 30.9 Å². The highest BCUT2D eigenvalue weighted by Gasteiger charge is 2.11. The smallest absolute Gasteiger partial charge is 0.0960 e. The molecule has 1 aromatic rings. The molecule has 0 heterocycles. The van der Waals surface area contributed by atoms with Crippen LogP contribution in [-0.2, 0) is 12.8 Å². The lowest BCUT2D eigenvalue weighted by atomic mass is 10.1. The normalized spacial score (nSPS) is 15.1. The zero-order chi connectivity index (χ0) is 12.8. The van der Waals surface area contributed by atoms with Crippen LogP contribution in [0, 0.1) is 11.3 Å². The van der Waals surface area contributed by atoms with Crippen molar-refractivity contribution in [3.8, 4) is 6.07 Å². The molecule has 1 aromatic carbocycles. The van der Waals surface area contributed by atoms with Crippen LogP contribution in [0.5, 0.6) is 0 Å². The number of nitrogens with zero attached hydrogens (tertiary/aromatic N) is 1. The van der Waals surface area contributed by atoms with Gasteiger partial charge in [0.15, 0.2) is 0 Å². The van der Waals surface area contributed by atoms with Crippen LogP contribution >= 0.6 is 11.8 Å². The van der Waals surface area contributed by atoms with E-state index in [-0.39, 0.29) is 6.04 Å². The maximum atomic E-state index is 8.96. The van der Waals surface area contributed by atoms with Crippen molar-refractivity contribution >= 4 is 11.8 Å². The Hall–Kier alpha value is -0.980. The van der Waals surface area contributed by atoms with Crippen LogP contribution in [0.3, 0.4) is 0 Å². The lowest BCUT2D eigenvalue weighted by Gasteiger charge is -2.09. The van der Waals surface area contributed by atoms with Crippen molar-refractivity contribution in [2.24, 2.45) is 0 Å². The number of thioether (sulfide) groups is 1. The Labute approximate surface area is 114 Å². The maximum Gasteiger partial charge on any atom is 0.0960 e. The van der Waals surface area contributed by atoms with Crippen LogP contribution in [-0.4, -0.2) is 18.3 Å². The van der Waals surface area contributed by atoms with Crippen molar-refractivity contribution in [1.29, 1.82) is 5.26 Å². The molecule has 0 saturated carbocycles. The minimum atomic E-state index is -0.00285. The van der Waals surface area contributed by atoms with Crippen molar-refractivity contribution in [3.05, 3.63) is 29.3 Å². The zero-order valence-electron chi connectivity index (χ0n) is 10.9. The number of benzene rings is 1. The summed E-state index contributed by atoms with van der Waals surface area (Å²) in [6, 6.07) is 9.14. The fourth-order valence-corrected chi connectivity index (χ4v) is 3.37. The van der Waals surface area contributed by atoms with E-state index in [9.17, 15) is 0 Å². The summed E-state index contributed by atoms with van der Waals surface area (Å²) in [6.07, 6.45) is 4.70. The second-order valence-electron chi connectivity index (χ2n) is 4.66. The summed E-state index contributed by atoms with van der Waals surface area (Å²) in [4.78, 5) is 1.35. The first-order chi connectivity index (χ1) is 8.83. The van der Waals surface area contributed by atoms with Crippen LogP contribution in [0.25, 0.3) is 0 Å². The summed E-state index contributed by atoms with van der Waals surface area (Å²) in [7, 11) is 0. The van der Waals surface area contributed by atoms with Crippen LogP contribution in [0.15, 0.2) is 23.1 Å². The minimum Gasteiger partial charge on any atom is -0.302 e. The van der Waals surface area contributed by atoms with Gasteiger partial charge in [0, 0.05) is 10.6 Å². The average Bonchev–Trinajstić information content (AvgIpc) is 2.85. The summed E-state index contributed by atoms with van der Waals surface area (Å²) in [5, 5.41) is 12.1. The number of hydrogen-bond donors (Lipinski definition) is 1. The molecule has 0 amide bonds. The third kappa shape index (κ3) is 3.51. The molecule has 0 spiro atoms. The topological polar surface area (TPSA) is 35.8 Å². The number of nitriles is 1. The molecule has 0 aromatic heterocycles. The first-order valence-corrected chi connectivity index (χ1v) is 7.69. The van der Waals surface area contributed by atoms with E-state index >= 15 is 0 Å². The molecule has 2 nitrogen and oxygen atoms in total. The molecule has 0 aliphatic heterocycles. The minimum absolute atomic E-state index is 0.00285. The Morgan fingerprint density at radius 2 is 2.22 bits per heavy atom. The Balaban J connectivity index is 1.82. The Morgan fingerprint density at radius 1 is 1.39 bits per heavy atom. The predicted octanol–water partition coefficient (Wildman–Crippen LogP) is 3.16. The summed E-state index contributed by atoms with van der Waals surface area (Å²) in [5.74, 6) is 1.00. The molecule has 0 radical (unpaired) electrons. The SMILES string of the molecule is CCNC(C#N)CCSc1ccc2c(c1)CCC2. The molecule has 3 heteroatoms. The van der Waals surface area contributed by atoms with Gasteiger partial charge >= 0.3 is 0 Å². The monoisotopic (exact) mass is 260 g/mol. The second-order valence-corrected chi connectivity index (χ2v) is 5.83. The van der Waals surface area contributed by atoms with E-state index in [1.807, 2.05) is 18.7 Å². The van der Waals surface area contributed by atoms with Crippen molar-refractivity contribution < 1.29 is 0 Å². The highest BCUT2D eigenvalue weighted by atomic mass is 32.2. The Bertz CT molecular complexity index is 437. The Morgan fingerprint density at radius 3 is 3.00 bits per heavy atom. The molecular weight excluding hydrogens is 240 g/mol. The van der Waals surface area contributed by atoms with Gasteiger partial charge in [0.1, 0.15) is 0 Å². The van der Waals surface area contributed by atoms with Crippen LogP contribution < -0.4 is 5.32 Å². The van der Waals surface area contributed by atoms with Crippen LogP contribution in [0.4, 0.5) is 0 Å². The standard InChI is InChI=1S/C15H20N2S/c1-2-17-14(11-16)8-9-18-15-7-6-12-4-3-5-13(12)10-15/h6-7,10,14,17H,2-5,8-9H2,1H3. The summed E-state index contributed by atoms with van der Waals surface area (Å²) >= 11 is 1.86. The van der Waals surface area contributed by atoms with Gasteiger partial charge in [-0.15, -0.1) is 11.8 Å². The number of aryl methyl sites for hydroxylation is 2. The molecule has 0 bridgehead atoms. The van der Waals surface area contributed by atoms with E-state index in [2.05, 4.69) is 29.6 Å². The van der Waals surface area contributed by atoms with E-state index in [0.29, 0.717) is 0 Å². The number of nitrogens with one attached hydrogen (secondary N) is 1. The summed E-state index contributed by atoms with van der Waals surface area (Å²) in [6.45, 7) is 2.90. The second kappa shape index (κ2) is 6.82. The lowest BCUT2D eigenvalue weighted by molar-refractivity contribution is 0.613. The van der Waals surface area contributed by atoms with Gasteiger partial charge in [0.25, 0.3) is 0 Å². The van der Waals surface area contributed by atoms with Gasteiger partial charge in [-0.3, -0.25) is 0 Å². The van der Waals surface area contributed by atoms with Crippen molar-refractivity contribution in [3.63, 3.8) is 0 Å². The Kier molecular flexibility index (Phi) is 5.10. The number of fused-ring (bicyclic) bond motifs is 1. The van der Waals surface area contributed by atoms with Gasteiger partial charge in [-0.05, 0) is 55.5 Å². The molecular formula is C15H20N2S. The fraction of sp³-hybridized carbons (Fsp3) is 0.533. The van der Waals surface area contributed by atoms with E-state index in [1.165, 1.54) is 35.3 Å². The van der Waals surface area contributed by atoms with E-state index in [1.54, 1.807) is 0 Å². The third-order valence-electron chi connectivity index (χ3n) is 3.35. The molecule has 0 fully saturated rings. The van der Waals surface area contributed by atoms with E-state index in [0.717, 1.165) is 18.7 Å². The van der Waals surface area contributed by atoms with Crippen molar-refractivity contribution in [2.45, 2.75) is 43.5 Å². The largest absolute Gasteiger partial charge is 0.302 e. The predicted molar refractivity (Wildman–Crippen MR) is 76.9 cm³/mol.